The first-order valence-corrected chi connectivity index (χ1v) is 10.7. The van der Waals surface area contributed by atoms with E-state index in [-0.39, 0.29) is 23.2 Å². The zero-order valence-electron chi connectivity index (χ0n) is 15.5. The average molecular weight is 408 g/mol. The Labute approximate surface area is 162 Å². The maximum Gasteiger partial charge on any atom is 0.242 e. The van der Waals surface area contributed by atoms with Gasteiger partial charge in [0, 0.05) is 0 Å². The third-order valence-corrected chi connectivity index (χ3v) is 6.47. The summed E-state index contributed by atoms with van der Waals surface area (Å²) < 4.78 is 38.6. The number of ether oxygens (including phenoxy) is 1. The molecule has 0 amide bonds. The van der Waals surface area contributed by atoms with Crippen molar-refractivity contribution in [3.63, 3.8) is 0 Å². The van der Waals surface area contributed by atoms with Gasteiger partial charge < -0.3 is 9.26 Å². The topological polar surface area (TPSA) is 94.3 Å². The molecule has 0 aliphatic rings. The number of nitrogens with zero attached hydrogens (tertiary/aromatic N) is 2. The molecule has 0 bridgehead atoms. The molecule has 27 heavy (non-hydrogen) atoms. The highest BCUT2D eigenvalue weighted by atomic mass is 32.2. The summed E-state index contributed by atoms with van der Waals surface area (Å²) in [6.45, 7) is 5.63. The van der Waals surface area contributed by atoms with E-state index in [2.05, 4.69) is 14.9 Å². The molecule has 144 valence electrons. The molecule has 0 fully saturated rings. The van der Waals surface area contributed by atoms with E-state index in [1.54, 1.807) is 26.2 Å². The summed E-state index contributed by atoms with van der Waals surface area (Å²) in [5.74, 6) is 1.46. The van der Waals surface area contributed by atoms with Gasteiger partial charge in [0.25, 0.3) is 0 Å². The van der Waals surface area contributed by atoms with Crippen molar-refractivity contribution < 1.29 is 17.7 Å². The second-order valence-electron chi connectivity index (χ2n) is 6.33. The first kappa shape index (κ1) is 19.5. The highest BCUT2D eigenvalue weighted by Gasteiger charge is 2.22. The zero-order valence-corrected chi connectivity index (χ0v) is 17.1. The molecule has 0 aliphatic heterocycles. The smallest absolute Gasteiger partial charge is 0.242 e. The lowest BCUT2D eigenvalue weighted by Gasteiger charge is -2.16. The molecule has 3 aromatic rings. The van der Waals surface area contributed by atoms with Crippen LogP contribution in [-0.4, -0.2) is 25.7 Å². The van der Waals surface area contributed by atoms with Gasteiger partial charge >= 0.3 is 0 Å². The van der Waals surface area contributed by atoms with Crippen LogP contribution in [0, 0.1) is 6.92 Å². The van der Waals surface area contributed by atoms with E-state index in [0.29, 0.717) is 17.1 Å². The summed E-state index contributed by atoms with van der Waals surface area (Å²) in [4.78, 5) is 5.31. The van der Waals surface area contributed by atoms with E-state index in [1.165, 1.54) is 11.3 Å². The maximum atomic E-state index is 12.8. The lowest BCUT2D eigenvalue weighted by Crippen LogP contribution is -2.24. The Morgan fingerprint density at radius 3 is 2.74 bits per heavy atom. The van der Waals surface area contributed by atoms with Crippen LogP contribution in [0.25, 0.3) is 10.7 Å². The van der Waals surface area contributed by atoms with Crippen molar-refractivity contribution in [2.45, 2.75) is 38.1 Å². The van der Waals surface area contributed by atoms with E-state index in [0.717, 1.165) is 10.4 Å². The van der Waals surface area contributed by atoms with Gasteiger partial charge in [-0.05, 0) is 47.5 Å². The van der Waals surface area contributed by atoms with Crippen LogP contribution in [0.2, 0.25) is 0 Å². The number of benzene rings is 1. The van der Waals surface area contributed by atoms with Gasteiger partial charge in [-0.25, -0.2) is 13.1 Å². The van der Waals surface area contributed by atoms with Gasteiger partial charge in [0.05, 0.1) is 23.4 Å². The normalized spacial score (nSPS) is 11.9. The predicted octanol–water partition coefficient (Wildman–Crippen LogP) is 3.72. The summed E-state index contributed by atoms with van der Waals surface area (Å²) in [7, 11) is -2.17. The Bertz CT molecular complexity index is 1030. The molecule has 0 saturated carbocycles. The van der Waals surface area contributed by atoms with Crippen LogP contribution in [0.5, 0.6) is 5.75 Å². The molecular formula is C18H21N3O4S2. The minimum atomic E-state index is -3.75. The van der Waals surface area contributed by atoms with Crippen molar-refractivity contribution >= 4 is 21.4 Å². The third-order valence-electron chi connectivity index (χ3n) is 4.06. The number of methoxy groups -OCH3 is 1. The molecule has 0 radical (unpaired) electrons. The zero-order chi connectivity index (χ0) is 19.6. The number of thiophene rings is 1. The summed E-state index contributed by atoms with van der Waals surface area (Å²) in [5, 5.41) is 5.79. The van der Waals surface area contributed by atoms with E-state index in [9.17, 15) is 8.42 Å². The summed E-state index contributed by atoms with van der Waals surface area (Å²) in [5.41, 5.74) is 1.44. The van der Waals surface area contributed by atoms with Gasteiger partial charge in [-0.2, -0.15) is 4.98 Å². The number of rotatable bonds is 7. The quantitative estimate of drug-likeness (QED) is 0.641. The monoisotopic (exact) mass is 407 g/mol. The van der Waals surface area contributed by atoms with Gasteiger partial charge in [0.15, 0.2) is 0 Å². The molecule has 7 nitrogen and oxygen atoms in total. The molecule has 2 aromatic heterocycles. The summed E-state index contributed by atoms with van der Waals surface area (Å²) in [6, 6.07) is 7.16. The number of aromatic nitrogens is 2. The van der Waals surface area contributed by atoms with Crippen molar-refractivity contribution in [3.8, 4) is 16.5 Å². The standard InChI is InChI=1S/C18H21N3O4S2/c1-11(2)13-9-16(12(3)8-14(13)24-4)27(22,23)19-10-17-20-18(21-25-17)15-6-5-7-26-15/h5-9,11,19H,10H2,1-4H3. The molecule has 1 aromatic carbocycles. The van der Waals surface area contributed by atoms with Gasteiger partial charge in [-0.3, -0.25) is 0 Å². The molecule has 3 rings (SSSR count). The van der Waals surface area contributed by atoms with E-state index in [1.807, 2.05) is 31.4 Å². The first-order chi connectivity index (χ1) is 12.8. The second kappa shape index (κ2) is 7.79. The molecule has 2 heterocycles. The third kappa shape index (κ3) is 4.20. The Morgan fingerprint density at radius 1 is 1.33 bits per heavy atom. The molecule has 0 spiro atoms. The average Bonchev–Trinajstić information content (AvgIpc) is 3.30. The fourth-order valence-corrected chi connectivity index (χ4v) is 4.54. The lowest BCUT2D eigenvalue weighted by atomic mass is 10.0. The summed E-state index contributed by atoms with van der Waals surface area (Å²) >= 11 is 1.48. The van der Waals surface area contributed by atoms with E-state index in [4.69, 9.17) is 9.26 Å². The van der Waals surface area contributed by atoms with Gasteiger partial charge in [-0.15, -0.1) is 11.3 Å². The number of aryl methyl sites for hydroxylation is 1. The van der Waals surface area contributed by atoms with Crippen molar-refractivity contribution in [1.29, 1.82) is 0 Å². The largest absolute Gasteiger partial charge is 0.496 e. The molecule has 0 saturated heterocycles. The number of nitrogens with one attached hydrogen (secondary N) is 1. The SMILES string of the molecule is COc1cc(C)c(S(=O)(=O)NCc2nc(-c3cccs3)no2)cc1C(C)C. The number of hydrogen-bond donors (Lipinski definition) is 1. The van der Waals surface area contributed by atoms with E-state index < -0.39 is 10.0 Å². The van der Waals surface area contributed by atoms with Crippen LogP contribution in [0.15, 0.2) is 39.1 Å². The van der Waals surface area contributed by atoms with Crippen LogP contribution < -0.4 is 9.46 Å². The maximum absolute atomic E-state index is 12.8. The Kier molecular flexibility index (Phi) is 5.64. The van der Waals surface area contributed by atoms with Crippen LogP contribution in [-0.2, 0) is 16.6 Å². The lowest BCUT2D eigenvalue weighted by molar-refractivity contribution is 0.376. The molecule has 1 N–H and O–H groups in total. The highest BCUT2D eigenvalue weighted by molar-refractivity contribution is 7.89. The molecular weight excluding hydrogens is 386 g/mol. The number of sulfonamides is 1. The molecule has 0 unspecified atom stereocenters. The van der Waals surface area contributed by atoms with Crippen molar-refractivity contribution in [2.24, 2.45) is 0 Å². The van der Waals surface area contributed by atoms with Crippen LogP contribution >= 0.6 is 11.3 Å². The molecule has 9 heteroatoms. The highest BCUT2D eigenvalue weighted by Crippen LogP contribution is 2.31. The number of hydrogen-bond acceptors (Lipinski definition) is 7. The first-order valence-electron chi connectivity index (χ1n) is 8.36. The van der Waals surface area contributed by atoms with Crippen molar-refractivity contribution in [1.82, 2.24) is 14.9 Å². The fraction of sp³-hybridized carbons (Fsp3) is 0.333. The van der Waals surface area contributed by atoms with Gasteiger partial charge in [0.1, 0.15) is 5.75 Å². The van der Waals surface area contributed by atoms with Gasteiger partial charge in [-0.1, -0.05) is 25.1 Å². The Hall–Kier alpha value is -2.23. The van der Waals surface area contributed by atoms with Crippen molar-refractivity contribution in [2.75, 3.05) is 7.11 Å². The van der Waals surface area contributed by atoms with E-state index >= 15 is 0 Å². The van der Waals surface area contributed by atoms with Crippen LogP contribution in [0.1, 0.15) is 36.8 Å². The minimum Gasteiger partial charge on any atom is -0.496 e. The second-order valence-corrected chi connectivity index (χ2v) is 9.01. The Morgan fingerprint density at radius 2 is 2.11 bits per heavy atom. The summed E-state index contributed by atoms with van der Waals surface area (Å²) in [6.07, 6.45) is 0. The van der Waals surface area contributed by atoms with Crippen LogP contribution in [0.3, 0.4) is 0 Å². The minimum absolute atomic E-state index is 0.0802. The fourth-order valence-electron chi connectivity index (χ4n) is 2.66. The Balaban J connectivity index is 1.82. The predicted molar refractivity (Wildman–Crippen MR) is 103 cm³/mol. The van der Waals surface area contributed by atoms with Crippen molar-refractivity contribution in [3.05, 3.63) is 46.7 Å². The molecule has 0 aliphatic carbocycles. The van der Waals surface area contributed by atoms with Gasteiger partial charge in [0.2, 0.25) is 21.7 Å². The molecule has 0 atom stereocenters. The van der Waals surface area contributed by atoms with Crippen LogP contribution in [0.4, 0.5) is 0 Å².